The van der Waals surface area contributed by atoms with Gasteiger partial charge in [-0.1, -0.05) is 23.9 Å². The molecule has 0 atom stereocenters. The summed E-state index contributed by atoms with van der Waals surface area (Å²) in [6.45, 7) is 1.75. The molecule has 9 heteroatoms. The van der Waals surface area contributed by atoms with Gasteiger partial charge in [-0.3, -0.25) is 9.36 Å². The predicted molar refractivity (Wildman–Crippen MR) is 102 cm³/mol. The summed E-state index contributed by atoms with van der Waals surface area (Å²) in [6.07, 6.45) is 0. The molecule has 1 aliphatic rings. The number of hydrogen-bond donors (Lipinski definition) is 1. The van der Waals surface area contributed by atoms with Crippen LogP contribution in [0.5, 0.6) is 0 Å². The highest BCUT2D eigenvalue weighted by Gasteiger charge is 2.26. The van der Waals surface area contributed by atoms with Crippen LogP contribution < -0.4 is 10.2 Å². The van der Waals surface area contributed by atoms with Gasteiger partial charge in [-0.05, 0) is 42.0 Å². The number of anilines is 2. The molecular weight excluding hydrogens is 384 g/mol. The lowest BCUT2D eigenvalue weighted by Gasteiger charge is -2.14. The summed E-state index contributed by atoms with van der Waals surface area (Å²) in [4.78, 5) is 14.1. The summed E-state index contributed by atoms with van der Waals surface area (Å²) in [5.74, 6) is 0.157. The number of hydrogen-bond acceptors (Lipinski definition) is 5. The Morgan fingerprint density at radius 3 is 2.39 bits per heavy atom. The number of nitrogens with zero attached hydrogens (tertiary/aromatic N) is 4. The van der Waals surface area contributed by atoms with Crippen molar-refractivity contribution in [2.45, 2.75) is 18.2 Å². The van der Waals surface area contributed by atoms with Crippen molar-refractivity contribution in [3.05, 3.63) is 65.7 Å². The second-order valence-corrected chi connectivity index (χ2v) is 7.20. The van der Waals surface area contributed by atoms with Gasteiger partial charge in [-0.25, -0.2) is 8.78 Å². The minimum atomic E-state index is -0.305. The van der Waals surface area contributed by atoms with Crippen molar-refractivity contribution in [3.63, 3.8) is 0 Å². The highest BCUT2D eigenvalue weighted by atomic mass is 32.2. The van der Waals surface area contributed by atoms with Crippen LogP contribution in [0, 0.1) is 11.6 Å². The first-order chi connectivity index (χ1) is 13.6. The Labute approximate surface area is 164 Å². The van der Waals surface area contributed by atoms with Crippen LogP contribution in [-0.4, -0.2) is 33.0 Å². The van der Waals surface area contributed by atoms with Crippen molar-refractivity contribution in [1.82, 2.24) is 20.1 Å². The first-order valence-corrected chi connectivity index (χ1v) is 9.69. The van der Waals surface area contributed by atoms with Gasteiger partial charge in [-0.2, -0.15) is 0 Å². The number of benzene rings is 2. The summed E-state index contributed by atoms with van der Waals surface area (Å²) in [5.41, 5.74) is 1.68. The van der Waals surface area contributed by atoms with E-state index in [4.69, 9.17) is 0 Å². The van der Waals surface area contributed by atoms with Crippen molar-refractivity contribution < 1.29 is 13.6 Å². The maximum absolute atomic E-state index is 13.1. The minimum Gasteiger partial charge on any atom is -0.351 e. The molecule has 0 spiro atoms. The number of carbonyl (C=O) groups excluding carboxylic acids is 1. The molecule has 0 saturated carbocycles. The fraction of sp³-hybridized carbons (Fsp3) is 0.211. The van der Waals surface area contributed by atoms with Crippen molar-refractivity contribution >= 4 is 29.3 Å². The van der Waals surface area contributed by atoms with Gasteiger partial charge in [0.15, 0.2) is 5.16 Å². The van der Waals surface area contributed by atoms with E-state index in [-0.39, 0.29) is 23.3 Å². The van der Waals surface area contributed by atoms with Crippen LogP contribution in [0.3, 0.4) is 0 Å². The molecule has 1 aromatic heterocycles. The lowest BCUT2D eigenvalue weighted by Crippen LogP contribution is -2.24. The largest absolute Gasteiger partial charge is 0.351 e. The highest BCUT2D eigenvalue weighted by Crippen LogP contribution is 2.31. The Bertz CT molecular complexity index is 975. The van der Waals surface area contributed by atoms with E-state index in [0.717, 1.165) is 11.3 Å². The summed E-state index contributed by atoms with van der Waals surface area (Å²) >= 11 is 1.31. The van der Waals surface area contributed by atoms with Crippen molar-refractivity contribution in [3.8, 4) is 0 Å². The monoisotopic (exact) mass is 401 g/mol. The van der Waals surface area contributed by atoms with Crippen LogP contribution in [0.2, 0.25) is 0 Å². The van der Waals surface area contributed by atoms with Gasteiger partial charge in [0.1, 0.15) is 11.6 Å². The standard InChI is InChI=1S/C19H17F2N5OS/c20-14-3-1-13(2-4-14)11-22-17(27)12-28-19-24-23-18-25(9-10-26(18)19)16-7-5-15(21)6-8-16/h1-8H,9-12H2,(H,22,27). The van der Waals surface area contributed by atoms with E-state index in [1.165, 1.54) is 36.0 Å². The molecule has 6 nitrogen and oxygen atoms in total. The maximum atomic E-state index is 13.1. The van der Waals surface area contributed by atoms with Gasteiger partial charge < -0.3 is 10.2 Å². The SMILES string of the molecule is O=C(CSc1nnc2n1CCN2c1ccc(F)cc1)NCc1ccc(F)cc1. The first-order valence-electron chi connectivity index (χ1n) is 8.70. The van der Waals surface area contributed by atoms with Crippen molar-refractivity contribution in [1.29, 1.82) is 0 Å². The number of fused-ring (bicyclic) bond motifs is 1. The molecule has 144 valence electrons. The molecule has 0 unspecified atom stereocenters. The zero-order valence-electron chi connectivity index (χ0n) is 14.8. The number of amides is 1. The fourth-order valence-electron chi connectivity index (χ4n) is 2.93. The molecule has 0 fully saturated rings. The molecule has 3 aromatic rings. The second-order valence-electron chi connectivity index (χ2n) is 6.25. The lowest BCUT2D eigenvalue weighted by molar-refractivity contribution is -0.118. The molecule has 28 heavy (non-hydrogen) atoms. The Balaban J connectivity index is 1.34. The van der Waals surface area contributed by atoms with E-state index < -0.39 is 0 Å². The highest BCUT2D eigenvalue weighted by molar-refractivity contribution is 7.99. The number of thioether (sulfide) groups is 1. The fourth-order valence-corrected chi connectivity index (χ4v) is 3.72. The second kappa shape index (κ2) is 7.97. The van der Waals surface area contributed by atoms with Crippen molar-refractivity contribution in [2.75, 3.05) is 17.2 Å². The molecule has 0 bridgehead atoms. The van der Waals surface area contributed by atoms with Gasteiger partial charge in [0.25, 0.3) is 0 Å². The van der Waals surface area contributed by atoms with Gasteiger partial charge in [0.05, 0.1) is 5.75 Å². The average Bonchev–Trinajstić information content (AvgIpc) is 3.29. The summed E-state index contributed by atoms with van der Waals surface area (Å²) < 4.78 is 28.0. The molecule has 2 heterocycles. The molecule has 2 aromatic carbocycles. The third kappa shape index (κ3) is 3.99. The molecule has 0 radical (unpaired) electrons. The topological polar surface area (TPSA) is 63.1 Å². The lowest BCUT2D eigenvalue weighted by atomic mass is 10.2. The number of nitrogens with one attached hydrogen (secondary N) is 1. The van der Waals surface area contributed by atoms with Gasteiger partial charge in [0.2, 0.25) is 11.9 Å². The van der Waals surface area contributed by atoms with E-state index in [1.807, 2.05) is 9.47 Å². The number of rotatable bonds is 6. The molecule has 4 rings (SSSR count). The zero-order chi connectivity index (χ0) is 19.5. The summed E-state index contributed by atoms with van der Waals surface area (Å²) in [6, 6.07) is 12.2. The van der Waals surface area contributed by atoms with Crippen LogP contribution in [0.1, 0.15) is 5.56 Å². The van der Waals surface area contributed by atoms with Crippen LogP contribution in [0.15, 0.2) is 53.7 Å². The Morgan fingerprint density at radius 2 is 1.68 bits per heavy atom. The minimum absolute atomic E-state index is 0.139. The number of halogens is 2. The van der Waals surface area contributed by atoms with E-state index >= 15 is 0 Å². The van der Waals surface area contributed by atoms with Crippen LogP contribution in [-0.2, 0) is 17.9 Å². The summed E-state index contributed by atoms with van der Waals surface area (Å²) in [5, 5.41) is 11.8. The quantitative estimate of drug-likeness (QED) is 0.643. The van der Waals surface area contributed by atoms with Crippen molar-refractivity contribution in [2.24, 2.45) is 0 Å². The summed E-state index contributed by atoms with van der Waals surface area (Å²) in [7, 11) is 0. The van der Waals surface area contributed by atoms with Crippen LogP contribution in [0.4, 0.5) is 20.4 Å². The predicted octanol–water partition coefficient (Wildman–Crippen LogP) is 3.12. The van der Waals surface area contributed by atoms with Crippen LogP contribution >= 0.6 is 11.8 Å². The zero-order valence-corrected chi connectivity index (χ0v) is 15.6. The van der Waals surface area contributed by atoms with E-state index in [1.54, 1.807) is 24.3 Å². The van der Waals surface area contributed by atoms with E-state index in [9.17, 15) is 13.6 Å². The van der Waals surface area contributed by atoms with Gasteiger partial charge >= 0.3 is 0 Å². The number of carbonyl (C=O) groups is 1. The Kier molecular flexibility index (Phi) is 5.25. The van der Waals surface area contributed by atoms with E-state index in [0.29, 0.717) is 30.7 Å². The average molecular weight is 401 g/mol. The van der Waals surface area contributed by atoms with Crippen LogP contribution in [0.25, 0.3) is 0 Å². The number of aromatic nitrogens is 3. The normalized spacial score (nSPS) is 12.9. The molecular formula is C19H17F2N5OS. The Hall–Kier alpha value is -2.94. The maximum Gasteiger partial charge on any atom is 0.232 e. The molecule has 1 N–H and O–H groups in total. The van der Waals surface area contributed by atoms with Gasteiger partial charge in [0, 0.05) is 25.3 Å². The molecule has 0 saturated heterocycles. The van der Waals surface area contributed by atoms with E-state index in [2.05, 4.69) is 15.5 Å². The molecule has 1 aliphatic heterocycles. The molecule has 0 aliphatic carbocycles. The smallest absolute Gasteiger partial charge is 0.232 e. The third-order valence-corrected chi connectivity index (χ3v) is 5.33. The Morgan fingerprint density at radius 1 is 1.00 bits per heavy atom. The third-order valence-electron chi connectivity index (χ3n) is 4.36. The first kappa shape index (κ1) is 18.4. The van der Waals surface area contributed by atoms with Gasteiger partial charge in [-0.15, -0.1) is 10.2 Å². The molecule has 1 amide bonds.